The number of hydrogen-bond acceptors (Lipinski definition) is 4. The van der Waals surface area contributed by atoms with Crippen LogP contribution in [0.5, 0.6) is 0 Å². The lowest BCUT2D eigenvalue weighted by atomic mass is 10.1. The standard InChI is InChI=1S/C11H13ClN2S2/c1-8(4-9-2-3-15-7-9)13-6-11-14-5-10(12)16-11/h2-3,5,7-8,13H,4,6H2,1H3. The summed E-state index contributed by atoms with van der Waals surface area (Å²) in [6.45, 7) is 2.98. The molecule has 0 spiro atoms. The lowest BCUT2D eigenvalue weighted by Gasteiger charge is -2.11. The van der Waals surface area contributed by atoms with E-state index in [0.29, 0.717) is 6.04 Å². The van der Waals surface area contributed by atoms with Crippen molar-refractivity contribution in [3.8, 4) is 0 Å². The van der Waals surface area contributed by atoms with Crippen LogP contribution in [0.15, 0.2) is 23.0 Å². The number of halogens is 1. The summed E-state index contributed by atoms with van der Waals surface area (Å²) in [5.74, 6) is 0. The van der Waals surface area contributed by atoms with Crippen molar-refractivity contribution in [2.75, 3.05) is 0 Å². The highest BCUT2D eigenvalue weighted by Crippen LogP contribution is 2.18. The highest BCUT2D eigenvalue weighted by molar-refractivity contribution is 7.15. The Morgan fingerprint density at radius 1 is 1.56 bits per heavy atom. The summed E-state index contributed by atoms with van der Waals surface area (Å²) < 4.78 is 0.752. The number of nitrogens with zero attached hydrogens (tertiary/aromatic N) is 1. The van der Waals surface area contributed by atoms with Crippen molar-refractivity contribution in [1.82, 2.24) is 10.3 Å². The third kappa shape index (κ3) is 3.56. The van der Waals surface area contributed by atoms with E-state index in [1.807, 2.05) is 0 Å². The minimum absolute atomic E-state index is 0.456. The third-order valence-corrected chi connectivity index (χ3v) is 4.10. The Labute approximate surface area is 108 Å². The molecule has 0 amide bonds. The van der Waals surface area contributed by atoms with Gasteiger partial charge in [0, 0.05) is 12.6 Å². The molecule has 1 atom stereocenters. The molecular weight excluding hydrogens is 260 g/mol. The Balaban J connectivity index is 1.77. The molecule has 0 radical (unpaired) electrons. The summed E-state index contributed by atoms with van der Waals surface area (Å²) in [5.41, 5.74) is 1.39. The van der Waals surface area contributed by atoms with Crippen molar-refractivity contribution in [1.29, 1.82) is 0 Å². The van der Waals surface area contributed by atoms with Crippen LogP contribution < -0.4 is 5.32 Å². The molecular formula is C11H13ClN2S2. The maximum Gasteiger partial charge on any atom is 0.113 e. The number of thiazole rings is 1. The molecule has 0 aliphatic rings. The molecule has 0 saturated carbocycles. The predicted molar refractivity (Wildman–Crippen MR) is 71.4 cm³/mol. The summed E-state index contributed by atoms with van der Waals surface area (Å²) in [6.07, 6.45) is 2.76. The Morgan fingerprint density at radius 2 is 2.44 bits per heavy atom. The van der Waals surface area contributed by atoms with Crippen LogP contribution in [0.2, 0.25) is 4.34 Å². The smallest absolute Gasteiger partial charge is 0.113 e. The molecule has 2 heterocycles. The molecule has 2 nitrogen and oxygen atoms in total. The molecule has 5 heteroatoms. The van der Waals surface area contributed by atoms with E-state index in [1.165, 1.54) is 16.9 Å². The van der Waals surface area contributed by atoms with Gasteiger partial charge in [-0.2, -0.15) is 11.3 Å². The fourth-order valence-corrected chi connectivity index (χ4v) is 3.05. The van der Waals surface area contributed by atoms with Gasteiger partial charge in [0.1, 0.15) is 9.34 Å². The molecule has 16 heavy (non-hydrogen) atoms. The van der Waals surface area contributed by atoms with Crippen LogP contribution in [0.1, 0.15) is 17.5 Å². The van der Waals surface area contributed by atoms with Gasteiger partial charge in [-0.25, -0.2) is 4.98 Å². The van der Waals surface area contributed by atoms with Crippen LogP contribution in [-0.4, -0.2) is 11.0 Å². The van der Waals surface area contributed by atoms with E-state index in [0.717, 1.165) is 22.3 Å². The average Bonchev–Trinajstić information content (AvgIpc) is 2.87. The average molecular weight is 273 g/mol. The fourth-order valence-electron chi connectivity index (χ4n) is 1.47. The number of aromatic nitrogens is 1. The Hall–Kier alpha value is -0.420. The molecule has 0 aromatic carbocycles. The minimum Gasteiger partial charge on any atom is -0.308 e. The van der Waals surface area contributed by atoms with E-state index in [4.69, 9.17) is 11.6 Å². The van der Waals surface area contributed by atoms with Crippen LogP contribution in [0.3, 0.4) is 0 Å². The number of rotatable bonds is 5. The van der Waals surface area contributed by atoms with Crippen LogP contribution >= 0.6 is 34.3 Å². The van der Waals surface area contributed by atoms with Crippen molar-refractivity contribution in [2.45, 2.75) is 25.9 Å². The highest BCUT2D eigenvalue weighted by Gasteiger charge is 2.05. The van der Waals surface area contributed by atoms with Gasteiger partial charge in [0.15, 0.2) is 0 Å². The number of nitrogens with one attached hydrogen (secondary N) is 1. The molecule has 1 N–H and O–H groups in total. The second kappa shape index (κ2) is 5.77. The van der Waals surface area contributed by atoms with Crippen LogP contribution in [-0.2, 0) is 13.0 Å². The first-order valence-corrected chi connectivity index (χ1v) is 7.22. The van der Waals surface area contributed by atoms with Crippen molar-refractivity contribution in [3.05, 3.63) is 37.9 Å². The van der Waals surface area contributed by atoms with Gasteiger partial charge in [0.05, 0.1) is 6.20 Å². The van der Waals surface area contributed by atoms with E-state index in [1.54, 1.807) is 17.5 Å². The monoisotopic (exact) mass is 272 g/mol. The summed E-state index contributed by atoms with van der Waals surface area (Å²) in [7, 11) is 0. The van der Waals surface area contributed by atoms with Gasteiger partial charge in [-0.15, -0.1) is 11.3 Å². The van der Waals surface area contributed by atoms with Gasteiger partial charge in [-0.05, 0) is 35.7 Å². The minimum atomic E-state index is 0.456. The maximum absolute atomic E-state index is 5.82. The van der Waals surface area contributed by atoms with Gasteiger partial charge in [0.2, 0.25) is 0 Å². The maximum atomic E-state index is 5.82. The van der Waals surface area contributed by atoms with E-state index < -0.39 is 0 Å². The zero-order chi connectivity index (χ0) is 11.4. The summed E-state index contributed by atoms with van der Waals surface area (Å²) in [5, 5.41) is 8.79. The van der Waals surface area contributed by atoms with E-state index in [9.17, 15) is 0 Å². The molecule has 2 aromatic heterocycles. The van der Waals surface area contributed by atoms with Crippen molar-refractivity contribution in [2.24, 2.45) is 0 Å². The first-order valence-electron chi connectivity index (χ1n) is 5.08. The molecule has 0 fully saturated rings. The van der Waals surface area contributed by atoms with Crippen LogP contribution in [0.25, 0.3) is 0 Å². The highest BCUT2D eigenvalue weighted by atomic mass is 35.5. The Kier molecular flexibility index (Phi) is 4.35. The van der Waals surface area contributed by atoms with E-state index in [2.05, 4.69) is 34.1 Å². The normalized spacial score (nSPS) is 12.9. The van der Waals surface area contributed by atoms with Crippen molar-refractivity contribution in [3.63, 3.8) is 0 Å². The summed E-state index contributed by atoms with van der Waals surface area (Å²) >= 11 is 9.10. The largest absolute Gasteiger partial charge is 0.308 e. The second-order valence-corrected chi connectivity index (χ2v) is 6.20. The predicted octanol–water partition coefficient (Wildman–Crippen LogP) is 3.58. The SMILES string of the molecule is CC(Cc1ccsc1)NCc1ncc(Cl)s1. The first-order chi connectivity index (χ1) is 7.74. The van der Waals surface area contributed by atoms with Gasteiger partial charge >= 0.3 is 0 Å². The fraction of sp³-hybridized carbons (Fsp3) is 0.364. The van der Waals surface area contributed by atoms with Crippen molar-refractivity contribution >= 4 is 34.3 Å². The quantitative estimate of drug-likeness (QED) is 0.900. The molecule has 86 valence electrons. The summed E-state index contributed by atoms with van der Waals surface area (Å²) in [4.78, 5) is 4.21. The molecule has 2 rings (SSSR count). The lowest BCUT2D eigenvalue weighted by Crippen LogP contribution is -2.27. The lowest BCUT2D eigenvalue weighted by molar-refractivity contribution is 0.545. The number of hydrogen-bond donors (Lipinski definition) is 1. The zero-order valence-corrected chi connectivity index (χ0v) is 11.3. The number of thiophene rings is 1. The van der Waals surface area contributed by atoms with Crippen LogP contribution in [0.4, 0.5) is 0 Å². The molecule has 0 saturated heterocycles. The van der Waals surface area contributed by atoms with Gasteiger partial charge in [-0.3, -0.25) is 0 Å². The zero-order valence-electron chi connectivity index (χ0n) is 8.94. The van der Waals surface area contributed by atoms with Gasteiger partial charge in [0.25, 0.3) is 0 Å². The van der Waals surface area contributed by atoms with Gasteiger partial charge < -0.3 is 5.32 Å². The van der Waals surface area contributed by atoms with Crippen molar-refractivity contribution < 1.29 is 0 Å². The first kappa shape index (κ1) is 12.0. The molecule has 2 aromatic rings. The summed E-state index contributed by atoms with van der Waals surface area (Å²) in [6, 6.07) is 2.63. The second-order valence-electron chi connectivity index (χ2n) is 3.68. The third-order valence-electron chi connectivity index (χ3n) is 2.25. The van der Waals surface area contributed by atoms with E-state index in [-0.39, 0.29) is 0 Å². The molecule has 0 bridgehead atoms. The van der Waals surface area contributed by atoms with Crippen LogP contribution in [0, 0.1) is 0 Å². The topological polar surface area (TPSA) is 24.9 Å². The Morgan fingerprint density at radius 3 is 3.06 bits per heavy atom. The van der Waals surface area contributed by atoms with E-state index >= 15 is 0 Å². The molecule has 0 aliphatic carbocycles. The van der Waals surface area contributed by atoms with Gasteiger partial charge in [-0.1, -0.05) is 11.6 Å². The molecule has 1 unspecified atom stereocenters. The Bertz CT molecular complexity index is 425. The molecule has 0 aliphatic heterocycles.